The van der Waals surface area contributed by atoms with Crippen LogP contribution in [0.25, 0.3) is 11.7 Å². The van der Waals surface area contributed by atoms with Crippen LogP contribution in [0.15, 0.2) is 45.2 Å². The number of halogens is 1. The highest BCUT2D eigenvalue weighted by Crippen LogP contribution is 2.30. The Bertz CT molecular complexity index is 1110. The number of oxazole rings is 1. The monoisotopic (exact) mass is 454 g/mol. The molecule has 1 amide bonds. The number of piperazine rings is 1. The second-order valence-corrected chi connectivity index (χ2v) is 7.85. The van der Waals surface area contributed by atoms with E-state index in [0.717, 1.165) is 6.42 Å². The van der Waals surface area contributed by atoms with Gasteiger partial charge in [0.25, 0.3) is 5.89 Å². The fourth-order valence-electron chi connectivity index (χ4n) is 3.49. The molecule has 166 valence electrons. The Morgan fingerprint density at radius 1 is 1.16 bits per heavy atom. The number of ether oxygens (including phenoxy) is 1. The molecule has 32 heavy (non-hydrogen) atoms. The van der Waals surface area contributed by atoms with Gasteiger partial charge in [-0.25, -0.2) is 0 Å². The van der Waals surface area contributed by atoms with E-state index in [9.17, 15) is 10.1 Å². The summed E-state index contributed by atoms with van der Waals surface area (Å²) < 4.78 is 17.4. The molecule has 0 bridgehead atoms. The number of nitriles is 1. The number of hydrogen-bond donors (Lipinski definition) is 0. The van der Waals surface area contributed by atoms with E-state index < -0.39 is 0 Å². The van der Waals surface area contributed by atoms with E-state index in [0.29, 0.717) is 60.8 Å². The van der Waals surface area contributed by atoms with Gasteiger partial charge in [-0.05, 0) is 42.8 Å². The molecular weight excluding hydrogens is 432 g/mol. The third-order valence-corrected chi connectivity index (χ3v) is 5.42. The van der Waals surface area contributed by atoms with Crippen molar-refractivity contribution in [3.05, 3.63) is 52.9 Å². The van der Waals surface area contributed by atoms with Crippen molar-refractivity contribution in [2.24, 2.45) is 0 Å². The largest absolute Gasteiger partial charge is 0.486 e. The average Bonchev–Trinajstić information content (AvgIpc) is 3.46. The predicted octanol–water partition coefficient (Wildman–Crippen LogP) is 4.49. The molecule has 1 fully saturated rings. The van der Waals surface area contributed by atoms with Gasteiger partial charge in [-0.15, -0.1) is 0 Å². The number of furan rings is 1. The maximum absolute atomic E-state index is 12.1. The summed E-state index contributed by atoms with van der Waals surface area (Å²) in [5, 5.41) is 10.2. The van der Waals surface area contributed by atoms with Crippen LogP contribution >= 0.6 is 11.6 Å². The molecule has 0 atom stereocenters. The quantitative estimate of drug-likeness (QED) is 0.519. The Labute approximate surface area is 190 Å². The first-order chi connectivity index (χ1) is 15.6. The minimum absolute atomic E-state index is 0.162. The second kappa shape index (κ2) is 9.79. The molecule has 1 aliphatic rings. The lowest BCUT2D eigenvalue weighted by Crippen LogP contribution is -2.48. The first kappa shape index (κ1) is 21.8. The molecule has 9 heteroatoms. The first-order valence-corrected chi connectivity index (χ1v) is 10.9. The van der Waals surface area contributed by atoms with Gasteiger partial charge in [0.05, 0.1) is 0 Å². The van der Waals surface area contributed by atoms with Gasteiger partial charge in [-0.2, -0.15) is 10.2 Å². The smallest absolute Gasteiger partial charge is 0.266 e. The summed E-state index contributed by atoms with van der Waals surface area (Å²) >= 11 is 5.88. The van der Waals surface area contributed by atoms with Crippen molar-refractivity contribution in [2.45, 2.75) is 26.4 Å². The molecule has 0 spiro atoms. The Kier molecular flexibility index (Phi) is 6.66. The van der Waals surface area contributed by atoms with Crippen molar-refractivity contribution >= 4 is 23.4 Å². The summed E-state index contributed by atoms with van der Waals surface area (Å²) in [6.07, 6.45) is 1.39. The summed E-state index contributed by atoms with van der Waals surface area (Å²) in [4.78, 5) is 20.2. The van der Waals surface area contributed by atoms with E-state index in [1.165, 1.54) is 0 Å². The summed E-state index contributed by atoms with van der Waals surface area (Å²) in [6, 6.07) is 12.7. The van der Waals surface area contributed by atoms with E-state index in [1.807, 2.05) is 16.7 Å². The van der Waals surface area contributed by atoms with Crippen molar-refractivity contribution in [3.8, 4) is 23.5 Å². The Morgan fingerprint density at radius 3 is 2.59 bits per heavy atom. The van der Waals surface area contributed by atoms with Gasteiger partial charge in [-0.1, -0.05) is 18.5 Å². The van der Waals surface area contributed by atoms with Crippen LogP contribution in [0.3, 0.4) is 0 Å². The third kappa shape index (κ3) is 4.89. The van der Waals surface area contributed by atoms with Gasteiger partial charge < -0.3 is 23.4 Å². The topological polar surface area (TPSA) is 95.7 Å². The third-order valence-electron chi connectivity index (χ3n) is 5.17. The number of amides is 1. The van der Waals surface area contributed by atoms with Crippen LogP contribution < -0.4 is 9.64 Å². The Morgan fingerprint density at radius 2 is 1.91 bits per heavy atom. The molecule has 3 aromatic rings. The van der Waals surface area contributed by atoms with E-state index >= 15 is 0 Å². The molecule has 4 rings (SSSR count). The molecule has 2 aromatic heterocycles. The Balaban J connectivity index is 1.42. The predicted molar refractivity (Wildman–Crippen MR) is 118 cm³/mol. The van der Waals surface area contributed by atoms with E-state index in [4.69, 9.17) is 25.2 Å². The number of benzene rings is 1. The number of nitrogens with zero attached hydrogens (tertiary/aromatic N) is 4. The normalized spacial score (nSPS) is 13.8. The number of rotatable bonds is 7. The molecular formula is C23H23ClN4O4. The standard InChI is InChI=1S/C23H23ClN4O4/c1-2-3-21(29)27-10-12-28(13-11-27)23-19(14-25)26-22(32-23)20-9-8-18(31-20)15-30-17-6-4-16(24)5-7-17/h4-9H,2-3,10-13,15H2,1H3. The molecule has 0 aliphatic carbocycles. The van der Waals surface area contributed by atoms with Crippen molar-refractivity contribution in [1.82, 2.24) is 9.88 Å². The molecule has 3 heterocycles. The lowest BCUT2D eigenvalue weighted by molar-refractivity contribution is -0.131. The molecule has 0 saturated carbocycles. The highest BCUT2D eigenvalue weighted by Gasteiger charge is 2.27. The first-order valence-electron chi connectivity index (χ1n) is 10.5. The minimum Gasteiger partial charge on any atom is -0.486 e. The molecule has 0 N–H and O–H groups in total. The van der Waals surface area contributed by atoms with Crippen LogP contribution in [-0.2, 0) is 11.4 Å². The van der Waals surface area contributed by atoms with Crippen LogP contribution in [0.1, 0.15) is 31.2 Å². The van der Waals surface area contributed by atoms with Gasteiger partial charge in [0.1, 0.15) is 24.2 Å². The highest BCUT2D eigenvalue weighted by molar-refractivity contribution is 6.30. The number of anilines is 1. The lowest BCUT2D eigenvalue weighted by Gasteiger charge is -2.34. The molecule has 1 aliphatic heterocycles. The van der Waals surface area contributed by atoms with Crippen molar-refractivity contribution < 1.29 is 18.4 Å². The number of carbonyl (C=O) groups excluding carboxylic acids is 1. The van der Waals surface area contributed by atoms with E-state index in [-0.39, 0.29) is 24.1 Å². The van der Waals surface area contributed by atoms with Crippen LogP contribution in [0.4, 0.5) is 5.88 Å². The highest BCUT2D eigenvalue weighted by atomic mass is 35.5. The summed E-state index contributed by atoms with van der Waals surface area (Å²) in [7, 11) is 0. The number of hydrogen-bond acceptors (Lipinski definition) is 7. The average molecular weight is 455 g/mol. The van der Waals surface area contributed by atoms with Gasteiger partial charge in [0, 0.05) is 37.6 Å². The second-order valence-electron chi connectivity index (χ2n) is 7.41. The fourth-order valence-corrected chi connectivity index (χ4v) is 3.62. The van der Waals surface area contributed by atoms with Crippen molar-refractivity contribution in [2.75, 3.05) is 31.1 Å². The molecule has 8 nitrogen and oxygen atoms in total. The summed E-state index contributed by atoms with van der Waals surface area (Å²) in [5.74, 6) is 2.48. The lowest BCUT2D eigenvalue weighted by atomic mass is 10.2. The van der Waals surface area contributed by atoms with Crippen LogP contribution in [0, 0.1) is 11.3 Å². The van der Waals surface area contributed by atoms with Gasteiger partial charge in [0.2, 0.25) is 17.5 Å². The molecule has 1 saturated heterocycles. The summed E-state index contributed by atoms with van der Waals surface area (Å²) in [5.41, 5.74) is 0.198. The van der Waals surface area contributed by atoms with Crippen molar-refractivity contribution in [3.63, 3.8) is 0 Å². The number of carbonyl (C=O) groups is 1. The molecule has 0 unspecified atom stereocenters. The zero-order valence-electron chi connectivity index (χ0n) is 17.7. The van der Waals surface area contributed by atoms with Gasteiger partial charge in [0.15, 0.2) is 5.76 Å². The fraction of sp³-hybridized carbons (Fsp3) is 0.348. The summed E-state index contributed by atoms with van der Waals surface area (Å²) in [6.45, 7) is 4.56. The van der Waals surface area contributed by atoms with Gasteiger partial charge in [-0.3, -0.25) is 4.79 Å². The molecule has 0 radical (unpaired) electrons. The maximum Gasteiger partial charge on any atom is 0.266 e. The zero-order valence-corrected chi connectivity index (χ0v) is 18.5. The minimum atomic E-state index is 0.162. The van der Waals surface area contributed by atoms with Gasteiger partial charge >= 0.3 is 0 Å². The maximum atomic E-state index is 12.1. The van der Waals surface area contributed by atoms with Crippen LogP contribution in [0.5, 0.6) is 5.75 Å². The van der Waals surface area contributed by atoms with E-state index in [2.05, 4.69) is 11.1 Å². The van der Waals surface area contributed by atoms with E-state index in [1.54, 1.807) is 36.4 Å². The van der Waals surface area contributed by atoms with Crippen LogP contribution in [-0.4, -0.2) is 42.0 Å². The Hall–Kier alpha value is -3.44. The SMILES string of the molecule is CCCC(=O)N1CCN(c2oc(-c3ccc(COc4ccc(Cl)cc4)o3)nc2C#N)CC1. The van der Waals surface area contributed by atoms with Crippen LogP contribution in [0.2, 0.25) is 5.02 Å². The zero-order chi connectivity index (χ0) is 22.5. The van der Waals surface area contributed by atoms with Crippen molar-refractivity contribution in [1.29, 1.82) is 5.26 Å². The number of aromatic nitrogens is 1. The molecule has 1 aromatic carbocycles.